The van der Waals surface area contributed by atoms with Crippen molar-refractivity contribution >= 4 is 17.9 Å². The standard InChI is InChI=1S/C72H122O6/c1-4-7-10-13-16-19-22-25-28-31-33-34-35-36-37-39-41-44-47-50-53-56-59-62-65-71(74)77-68-69(67-76-70(73)64-61-58-55-52-49-46-43-40-30-27-24-21-18-15-12-9-6-3)78-72(75)66-63-60-57-54-51-48-45-42-38-32-29-26-23-20-17-14-11-8-5-2/h8-9,11-12,17-18,20-21,26-27,29-30,38,42,48,51,57,60,69H,4-7,10,13-16,19,22-25,28,31-37,39-41,43-47,49-50,52-56,58-59,61-68H2,1-3H3/b11-8-,12-9-,20-17-,21-18-,29-26-,30-27-,42-38-,51-48-,60-57-. The van der Waals surface area contributed by atoms with E-state index in [1.165, 1.54) is 161 Å². The lowest BCUT2D eigenvalue weighted by atomic mass is 10.0. The molecule has 0 aliphatic rings. The molecule has 6 nitrogen and oxygen atoms in total. The molecule has 0 spiro atoms. The Morgan fingerprint density at radius 2 is 0.526 bits per heavy atom. The van der Waals surface area contributed by atoms with Crippen molar-refractivity contribution in [2.75, 3.05) is 13.2 Å². The first-order chi connectivity index (χ1) is 38.5. The van der Waals surface area contributed by atoms with Gasteiger partial charge in [0.1, 0.15) is 13.2 Å². The number of allylic oxidation sites excluding steroid dienone is 18. The summed E-state index contributed by atoms with van der Waals surface area (Å²) in [4.78, 5) is 38.3. The van der Waals surface area contributed by atoms with Crippen molar-refractivity contribution in [1.29, 1.82) is 0 Å². The highest BCUT2D eigenvalue weighted by Crippen LogP contribution is 2.17. The van der Waals surface area contributed by atoms with Gasteiger partial charge in [-0.1, -0.05) is 310 Å². The number of rotatable bonds is 59. The fourth-order valence-corrected chi connectivity index (χ4v) is 9.19. The zero-order valence-corrected chi connectivity index (χ0v) is 51.2. The molecule has 446 valence electrons. The van der Waals surface area contributed by atoms with Gasteiger partial charge < -0.3 is 14.2 Å². The van der Waals surface area contributed by atoms with Gasteiger partial charge in [-0.25, -0.2) is 0 Å². The van der Waals surface area contributed by atoms with Gasteiger partial charge in [0.25, 0.3) is 0 Å². The van der Waals surface area contributed by atoms with Crippen molar-refractivity contribution in [3.05, 3.63) is 109 Å². The SMILES string of the molecule is CC/C=C\C/C=C\C/C=C\C/C=C\C/C=C\C/C=C\CCC(=O)OC(COC(=O)CCCCCCCCC/C=C\C/C=C\C/C=C\CC)COC(=O)CCCCCCCCCCCCCCCCCCCCCCCCCC. The third-order valence-electron chi connectivity index (χ3n) is 14.0. The first-order valence-corrected chi connectivity index (χ1v) is 32.9. The van der Waals surface area contributed by atoms with E-state index in [1.54, 1.807) is 0 Å². The van der Waals surface area contributed by atoms with E-state index in [0.29, 0.717) is 19.3 Å². The molecule has 0 saturated heterocycles. The van der Waals surface area contributed by atoms with Crippen LogP contribution in [0.1, 0.15) is 310 Å². The average molecular weight is 1080 g/mol. The maximum Gasteiger partial charge on any atom is 0.306 e. The molecule has 1 unspecified atom stereocenters. The number of carbonyl (C=O) groups excluding carboxylic acids is 3. The Kier molecular flexibility index (Phi) is 62.3. The molecule has 0 bridgehead atoms. The summed E-state index contributed by atoms with van der Waals surface area (Å²) in [5.41, 5.74) is 0. The van der Waals surface area contributed by atoms with Crippen LogP contribution in [0, 0.1) is 0 Å². The summed E-state index contributed by atoms with van der Waals surface area (Å²) >= 11 is 0. The molecule has 0 saturated carbocycles. The normalized spacial score (nSPS) is 12.8. The topological polar surface area (TPSA) is 78.9 Å². The summed E-state index contributed by atoms with van der Waals surface area (Å²) in [7, 11) is 0. The second-order valence-electron chi connectivity index (χ2n) is 21.6. The Balaban J connectivity index is 4.43. The van der Waals surface area contributed by atoms with Crippen LogP contribution in [0.5, 0.6) is 0 Å². The first-order valence-electron chi connectivity index (χ1n) is 32.9. The summed E-state index contributed by atoms with van der Waals surface area (Å²) in [6.07, 6.45) is 89.7. The molecule has 0 aliphatic heterocycles. The van der Waals surface area contributed by atoms with E-state index in [-0.39, 0.29) is 31.6 Å². The molecule has 0 N–H and O–H groups in total. The summed E-state index contributed by atoms with van der Waals surface area (Å²) < 4.78 is 16.9. The number of carbonyl (C=O) groups is 3. The Bertz CT molecular complexity index is 1570. The van der Waals surface area contributed by atoms with Crippen molar-refractivity contribution in [2.45, 2.75) is 316 Å². The number of hydrogen-bond acceptors (Lipinski definition) is 6. The van der Waals surface area contributed by atoms with Crippen LogP contribution in [0.15, 0.2) is 109 Å². The van der Waals surface area contributed by atoms with Crippen LogP contribution in [0.2, 0.25) is 0 Å². The molecular weight excluding hydrogens is 961 g/mol. The average Bonchev–Trinajstić information content (AvgIpc) is 3.44. The molecular formula is C72H122O6. The highest BCUT2D eigenvalue weighted by molar-refractivity contribution is 5.71. The molecule has 0 aromatic carbocycles. The quantitative estimate of drug-likeness (QED) is 0.0261. The number of ether oxygens (including phenoxy) is 3. The van der Waals surface area contributed by atoms with E-state index in [1.807, 2.05) is 6.08 Å². The fraction of sp³-hybridized carbons (Fsp3) is 0.708. The first kappa shape index (κ1) is 74.1. The molecule has 0 aromatic rings. The number of unbranched alkanes of at least 4 members (excludes halogenated alkanes) is 30. The maximum absolute atomic E-state index is 12.9. The van der Waals surface area contributed by atoms with E-state index < -0.39 is 12.1 Å². The Morgan fingerprint density at radius 3 is 0.833 bits per heavy atom. The van der Waals surface area contributed by atoms with E-state index in [9.17, 15) is 14.4 Å². The highest BCUT2D eigenvalue weighted by atomic mass is 16.6. The van der Waals surface area contributed by atoms with Crippen LogP contribution in [-0.2, 0) is 28.6 Å². The van der Waals surface area contributed by atoms with Gasteiger partial charge in [-0.15, -0.1) is 0 Å². The predicted octanol–water partition coefficient (Wildman–Crippen LogP) is 22.6. The maximum atomic E-state index is 12.9. The lowest BCUT2D eigenvalue weighted by Crippen LogP contribution is -2.30. The van der Waals surface area contributed by atoms with Crippen LogP contribution < -0.4 is 0 Å². The second kappa shape index (κ2) is 65.6. The molecule has 0 aromatic heterocycles. The van der Waals surface area contributed by atoms with Gasteiger partial charge in [-0.3, -0.25) is 14.4 Å². The smallest absolute Gasteiger partial charge is 0.306 e. The predicted molar refractivity (Wildman–Crippen MR) is 339 cm³/mol. The monoisotopic (exact) mass is 1080 g/mol. The molecule has 78 heavy (non-hydrogen) atoms. The van der Waals surface area contributed by atoms with Gasteiger partial charge >= 0.3 is 17.9 Å². The van der Waals surface area contributed by atoms with Gasteiger partial charge in [-0.2, -0.15) is 0 Å². The molecule has 0 fully saturated rings. The second-order valence-corrected chi connectivity index (χ2v) is 21.6. The molecule has 1 atom stereocenters. The Labute approximate surface area is 482 Å². The zero-order chi connectivity index (χ0) is 56.4. The molecule has 0 radical (unpaired) electrons. The minimum atomic E-state index is -0.825. The summed E-state index contributed by atoms with van der Waals surface area (Å²) in [5, 5.41) is 0. The fourth-order valence-electron chi connectivity index (χ4n) is 9.19. The van der Waals surface area contributed by atoms with Crippen molar-refractivity contribution in [2.24, 2.45) is 0 Å². The van der Waals surface area contributed by atoms with Gasteiger partial charge in [-0.05, 0) is 89.9 Å². The van der Waals surface area contributed by atoms with Crippen LogP contribution >= 0.6 is 0 Å². The van der Waals surface area contributed by atoms with E-state index in [0.717, 1.165) is 103 Å². The van der Waals surface area contributed by atoms with E-state index >= 15 is 0 Å². The van der Waals surface area contributed by atoms with Crippen LogP contribution in [-0.4, -0.2) is 37.2 Å². The minimum absolute atomic E-state index is 0.110. The van der Waals surface area contributed by atoms with Gasteiger partial charge in [0.05, 0.1) is 0 Å². The van der Waals surface area contributed by atoms with Crippen molar-refractivity contribution < 1.29 is 28.6 Å². The van der Waals surface area contributed by atoms with Crippen molar-refractivity contribution in [3.8, 4) is 0 Å². The summed E-state index contributed by atoms with van der Waals surface area (Å²) in [6, 6.07) is 0. The third kappa shape index (κ3) is 62.9. The Hall–Kier alpha value is -3.93. The zero-order valence-electron chi connectivity index (χ0n) is 51.2. The van der Waals surface area contributed by atoms with Gasteiger partial charge in [0.15, 0.2) is 6.10 Å². The summed E-state index contributed by atoms with van der Waals surface area (Å²) in [6.45, 7) is 6.38. The molecule has 6 heteroatoms. The van der Waals surface area contributed by atoms with Gasteiger partial charge in [0.2, 0.25) is 0 Å². The molecule has 0 amide bonds. The van der Waals surface area contributed by atoms with Gasteiger partial charge in [0, 0.05) is 19.3 Å². The Morgan fingerprint density at radius 1 is 0.269 bits per heavy atom. The van der Waals surface area contributed by atoms with E-state index in [4.69, 9.17) is 14.2 Å². The van der Waals surface area contributed by atoms with Crippen LogP contribution in [0.3, 0.4) is 0 Å². The number of esters is 3. The summed E-state index contributed by atoms with van der Waals surface area (Å²) in [5.74, 6) is -0.995. The third-order valence-corrected chi connectivity index (χ3v) is 14.0. The minimum Gasteiger partial charge on any atom is -0.462 e. The number of hydrogen-bond donors (Lipinski definition) is 0. The van der Waals surface area contributed by atoms with Crippen LogP contribution in [0.4, 0.5) is 0 Å². The molecule has 0 heterocycles. The van der Waals surface area contributed by atoms with E-state index in [2.05, 4.69) is 124 Å². The highest BCUT2D eigenvalue weighted by Gasteiger charge is 2.19. The lowest BCUT2D eigenvalue weighted by Gasteiger charge is -2.18. The largest absolute Gasteiger partial charge is 0.462 e. The van der Waals surface area contributed by atoms with Crippen LogP contribution in [0.25, 0.3) is 0 Å². The van der Waals surface area contributed by atoms with Crippen molar-refractivity contribution in [3.63, 3.8) is 0 Å². The molecule has 0 aliphatic carbocycles. The van der Waals surface area contributed by atoms with Crippen molar-refractivity contribution in [1.82, 2.24) is 0 Å². The molecule has 0 rings (SSSR count). The lowest BCUT2D eigenvalue weighted by molar-refractivity contribution is -0.166.